The van der Waals surface area contributed by atoms with E-state index in [1.807, 2.05) is 6.07 Å². The highest BCUT2D eigenvalue weighted by atomic mass is 31.1. The fourth-order valence-corrected chi connectivity index (χ4v) is 4.05. The summed E-state index contributed by atoms with van der Waals surface area (Å²) in [6, 6.07) is 6.67. The van der Waals surface area contributed by atoms with Crippen molar-refractivity contribution in [3.8, 4) is 34.1 Å². The predicted molar refractivity (Wildman–Crippen MR) is 107 cm³/mol. The van der Waals surface area contributed by atoms with E-state index in [0.29, 0.717) is 30.1 Å². The summed E-state index contributed by atoms with van der Waals surface area (Å²) in [5.41, 5.74) is 3.39. The van der Waals surface area contributed by atoms with Gasteiger partial charge in [-0.3, -0.25) is 4.79 Å². The summed E-state index contributed by atoms with van der Waals surface area (Å²) in [6.45, 7) is 1.45. The van der Waals surface area contributed by atoms with Crippen molar-refractivity contribution in [3.05, 3.63) is 35.4 Å². The van der Waals surface area contributed by atoms with Crippen molar-refractivity contribution in [2.75, 3.05) is 21.3 Å². The molecule has 0 fully saturated rings. The first-order valence-corrected chi connectivity index (χ1v) is 10.1. The van der Waals surface area contributed by atoms with Crippen molar-refractivity contribution in [1.82, 2.24) is 5.32 Å². The highest BCUT2D eigenvalue weighted by Gasteiger charge is 2.30. The molecule has 0 saturated carbocycles. The molecule has 0 radical (unpaired) electrons. The standard InChI is InChI=1S/C20H22NO7P/c1-11(22)21-16-8-5-12-9-17(25-2)19(26-3)20(27-4)18(12)14-7-6-13(10-15(14)16)28-29(23)24/h6-7,9-10,16H,5,8H2,1-4H3,(H-,21,22,23,24)/p+1. The predicted octanol–water partition coefficient (Wildman–Crippen LogP) is 3.53. The number of fused-ring (bicyclic) bond motifs is 3. The van der Waals surface area contributed by atoms with E-state index >= 15 is 0 Å². The molecular formula is C20H23NO7P+. The van der Waals surface area contributed by atoms with Crippen LogP contribution in [0.2, 0.25) is 0 Å². The summed E-state index contributed by atoms with van der Waals surface area (Å²) >= 11 is 0. The van der Waals surface area contributed by atoms with Crippen LogP contribution in [0.15, 0.2) is 24.3 Å². The molecule has 9 heteroatoms. The molecule has 1 aliphatic carbocycles. The Balaban J connectivity index is 2.28. The number of aryl methyl sites for hydroxylation is 1. The lowest BCUT2D eigenvalue weighted by Crippen LogP contribution is -2.26. The number of rotatable bonds is 6. The molecule has 0 aliphatic heterocycles. The van der Waals surface area contributed by atoms with Crippen molar-refractivity contribution in [2.24, 2.45) is 0 Å². The summed E-state index contributed by atoms with van der Waals surface area (Å²) in [4.78, 5) is 20.9. The van der Waals surface area contributed by atoms with Crippen molar-refractivity contribution in [2.45, 2.75) is 25.8 Å². The van der Waals surface area contributed by atoms with E-state index in [9.17, 15) is 9.36 Å². The molecule has 3 rings (SSSR count). The number of amides is 1. The van der Waals surface area contributed by atoms with Gasteiger partial charge in [-0.25, -0.2) is 4.52 Å². The van der Waals surface area contributed by atoms with Gasteiger partial charge in [0, 0.05) is 17.1 Å². The van der Waals surface area contributed by atoms with Crippen molar-refractivity contribution < 1.29 is 33.0 Å². The normalized spacial score (nSPS) is 15.3. The van der Waals surface area contributed by atoms with E-state index in [0.717, 1.165) is 22.3 Å². The zero-order valence-corrected chi connectivity index (χ0v) is 17.5. The molecule has 2 unspecified atom stereocenters. The smallest absolute Gasteiger partial charge is 0.493 e. The van der Waals surface area contributed by atoms with Gasteiger partial charge in [-0.2, -0.15) is 0 Å². The average molecular weight is 420 g/mol. The van der Waals surface area contributed by atoms with Gasteiger partial charge in [-0.15, -0.1) is 4.89 Å². The molecule has 1 aliphatic rings. The maximum Gasteiger partial charge on any atom is 0.747 e. The van der Waals surface area contributed by atoms with Crippen LogP contribution in [-0.4, -0.2) is 32.1 Å². The third-order valence-corrected chi connectivity index (χ3v) is 5.21. The van der Waals surface area contributed by atoms with Gasteiger partial charge >= 0.3 is 8.25 Å². The van der Waals surface area contributed by atoms with Gasteiger partial charge in [0.15, 0.2) is 17.2 Å². The number of hydrogen-bond acceptors (Lipinski definition) is 6. The second kappa shape index (κ2) is 8.68. The molecule has 8 nitrogen and oxygen atoms in total. The third-order valence-electron chi connectivity index (χ3n) is 4.84. The average Bonchev–Trinajstić information content (AvgIpc) is 2.82. The first-order valence-electron chi connectivity index (χ1n) is 8.97. The van der Waals surface area contributed by atoms with Crippen LogP contribution in [0.25, 0.3) is 11.1 Å². The topological polar surface area (TPSA) is 103 Å². The Labute approximate surface area is 169 Å². The summed E-state index contributed by atoms with van der Waals surface area (Å²) in [5, 5.41) is 2.95. The van der Waals surface area contributed by atoms with E-state index in [4.69, 9.17) is 23.6 Å². The van der Waals surface area contributed by atoms with Crippen molar-refractivity contribution in [1.29, 1.82) is 0 Å². The molecule has 2 aromatic rings. The zero-order valence-electron chi connectivity index (χ0n) is 16.6. The molecule has 154 valence electrons. The lowest BCUT2D eigenvalue weighted by molar-refractivity contribution is -0.119. The third kappa shape index (κ3) is 4.13. The Morgan fingerprint density at radius 3 is 2.45 bits per heavy atom. The highest BCUT2D eigenvalue weighted by molar-refractivity contribution is 7.32. The van der Waals surface area contributed by atoms with Crippen LogP contribution >= 0.6 is 8.25 Å². The molecule has 1 amide bonds. The number of ether oxygens (including phenoxy) is 3. The number of benzene rings is 2. The second-order valence-corrected chi connectivity index (χ2v) is 7.21. The van der Waals surface area contributed by atoms with Gasteiger partial charge in [0.25, 0.3) is 0 Å². The highest BCUT2D eigenvalue weighted by Crippen LogP contribution is 2.51. The van der Waals surface area contributed by atoms with Crippen LogP contribution in [0.5, 0.6) is 23.0 Å². The number of carbonyl (C=O) groups excluding carboxylic acids is 1. The Kier molecular flexibility index (Phi) is 6.25. The minimum Gasteiger partial charge on any atom is -0.493 e. The van der Waals surface area contributed by atoms with Crippen LogP contribution < -0.4 is 24.1 Å². The molecule has 2 N–H and O–H groups in total. The van der Waals surface area contributed by atoms with Gasteiger partial charge in [-0.05, 0) is 53.8 Å². The van der Waals surface area contributed by atoms with E-state index in [-0.39, 0.29) is 17.7 Å². The van der Waals surface area contributed by atoms with Crippen LogP contribution in [0.1, 0.15) is 30.5 Å². The Bertz CT molecular complexity index is 960. The Hall–Kier alpha value is -2.83. The van der Waals surface area contributed by atoms with Gasteiger partial charge in [0.05, 0.1) is 27.4 Å². The fourth-order valence-electron chi connectivity index (χ4n) is 3.75. The molecule has 0 spiro atoms. The van der Waals surface area contributed by atoms with Crippen LogP contribution in [0.4, 0.5) is 0 Å². The zero-order chi connectivity index (χ0) is 21.1. The Morgan fingerprint density at radius 1 is 1.14 bits per heavy atom. The summed E-state index contributed by atoms with van der Waals surface area (Å²) in [6.07, 6.45) is 1.27. The Morgan fingerprint density at radius 2 is 1.86 bits per heavy atom. The van der Waals surface area contributed by atoms with Crippen molar-refractivity contribution in [3.63, 3.8) is 0 Å². The first kappa shape index (κ1) is 20.9. The fraction of sp³-hybridized carbons (Fsp3) is 0.350. The number of hydrogen-bond donors (Lipinski definition) is 2. The van der Waals surface area contributed by atoms with Gasteiger partial charge in [-0.1, -0.05) is 0 Å². The van der Waals surface area contributed by atoms with Gasteiger partial charge < -0.3 is 19.5 Å². The van der Waals surface area contributed by atoms with Gasteiger partial charge in [0.2, 0.25) is 11.7 Å². The molecule has 0 saturated heterocycles. The van der Waals surface area contributed by atoms with E-state index in [1.165, 1.54) is 6.92 Å². The van der Waals surface area contributed by atoms with Crippen LogP contribution in [-0.2, 0) is 15.8 Å². The van der Waals surface area contributed by atoms with E-state index < -0.39 is 8.25 Å². The molecule has 29 heavy (non-hydrogen) atoms. The van der Waals surface area contributed by atoms with Gasteiger partial charge in [0.1, 0.15) is 0 Å². The summed E-state index contributed by atoms with van der Waals surface area (Å²) in [7, 11) is 1.86. The summed E-state index contributed by atoms with van der Waals surface area (Å²) < 4.78 is 32.8. The lowest BCUT2D eigenvalue weighted by atomic mass is 9.93. The molecule has 2 aromatic carbocycles. The minimum absolute atomic E-state index is 0.173. The largest absolute Gasteiger partial charge is 0.747 e. The molecule has 0 bridgehead atoms. The van der Waals surface area contributed by atoms with E-state index in [2.05, 4.69) is 5.32 Å². The molecule has 0 heterocycles. The van der Waals surface area contributed by atoms with Crippen molar-refractivity contribution >= 4 is 14.2 Å². The minimum atomic E-state index is -2.80. The maximum atomic E-state index is 11.8. The molecular weight excluding hydrogens is 397 g/mol. The lowest BCUT2D eigenvalue weighted by Gasteiger charge is -2.21. The van der Waals surface area contributed by atoms with Crippen LogP contribution in [0.3, 0.4) is 0 Å². The summed E-state index contributed by atoms with van der Waals surface area (Å²) in [5.74, 6) is 1.61. The maximum absolute atomic E-state index is 11.8. The quantitative estimate of drug-likeness (QED) is 0.689. The monoisotopic (exact) mass is 420 g/mol. The molecule has 0 aromatic heterocycles. The number of carbonyl (C=O) groups is 1. The van der Waals surface area contributed by atoms with Crippen LogP contribution in [0, 0.1) is 0 Å². The van der Waals surface area contributed by atoms with E-state index in [1.54, 1.807) is 39.5 Å². The molecule has 2 atom stereocenters. The first-order chi connectivity index (χ1) is 13.9. The number of methoxy groups -OCH3 is 3. The second-order valence-electron chi connectivity index (χ2n) is 6.55. The number of nitrogens with one attached hydrogen (secondary N) is 1. The SMILES string of the molecule is COc1cc2c(c(OC)c1OC)-c1ccc(O[P+](=O)O)cc1C(NC(C)=O)CC2.